The van der Waals surface area contributed by atoms with Crippen molar-refractivity contribution < 1.29 is 9.90 Å². The number of likely N-dealkylation sites (N-methyl/N-ethyl adjacent to an activating group) is 1. The largest absolute Gasteiger partial charge is 0.394 e. The summed E-state index contributed by atoms with van der Waals surface area (Å²) in [7, 11) is 1.91. The van der Waals surface area contributed by atoms with Crippen LogP contribution in [0.2, 0.25) is 0 Å². The lowest BCUT2D eigenvalue weighted by Gasteiger charge is -2.26. The highest BCUT2D eigenvalue weighted by molar-refractivity contribution is 9.10. The van der Waals surface area contributed by atoms with Crippen LogP contribution in [0.3, 0.4) is 0 Å². The van der Waals surface area contributed by atoms with Gasteiger partial charge in [0.15, 0.2) is 5.78 Å². The third kappa shape index (κ3) is 2.83. The van der Waals surface area contributed by atoms with Gasteiger partial charge in [-0.25, -0.2) is 0 Å². The Kier molecular flexibility index (Phi) is 4.50. The quantitative estimate of drug-likeness (QED) is 0.864. The van der Waals surface area contributed by atoms with Gasteiger partial charge in [-0.3, -0.25) is 4.79 Å². The summed E-state index contributed by atoms with van der Waals surface area (Å²) in [4.78, 5) is 13.2. The predicted octanol–water partition coefficient (Wildman–Crippen LogP) is 2.47. The zero-order valence-corrected chi connectivity index (χ0v) is 11.3. The van der Waals surface area contributed by atoms with Crippen LogP contribution >= 0.6 is 15.9 Å². The molecule has 4 heteroatoms. The zero-order chi connectivity index (χ0) is 12.3. The molecule has 0 fully saturated rings. The van der Waals surface area contributed by atoms with Gasteiger partial charge in [-0.1, -0.05) is 0 Å². The number of rotatable bonds is 4. The summed E-state index contributed by atoms with van der Waals surface area (Å²) >= 11 is 3.44. The molecule has 88 valence electrons. The first kappa shape index (κ1) is 13.2. The van der Waals surface area contributed by atoms with E-state index in [4.69, 9.17) is 5.11 Å². The predicted molar refractivity (Wildman–Crippen MR) is 69.1 cm³/mol. The number of halogens is 1. The molecule has 3 nitrogen and oxygen atoms in total. The zero-order valence-electron chi connectivity index (χ0n) is 9.70. The first-order valence-corrected chi connectivity index (χ1v) is 5.90. The number of aliphatic hydroxyl groups excluding tert-OH is 1. The third-order valence-corrected chi connectivity index (χ3v) is 3.29. The Morgan fingerprint density at radius 2 is 2.19 bits per heavy atom. The van der Waals surface area contributed by atoms with Crippen LogP contribution < -0.4 is 4.90 Å². The van der Waals surface area contributed by atoms with E-state index in [1.165, 1.54) is 0 Å². The summed E-state index contributed by atoms with van der Waals surface area (Å²) in [6.45, 7) is 3.57. The molecular weight excluding hydrogens is 270 g/mol. The van der Waals surface area contributed by atoms with Gasteiger partial charge in [0.25, 0.3) is 0 Å². The Balaban J connectivity index is 3.03. The van der Waals surface area contributed by atoms with Crippen LogP contribution in [-0.2, 0) is 0 Å². The maximum absolute atomic E-state index is 11.2. The molecule has 0 aliphatic heterocycles. The maximum Gasteiger partial charge on any atom is 0.159 e. The van der Waals surface area contributed by atoms with Crippen molar-refractivity contribution in [2.45, 2.75) is 19.9 Å². The average Bonchev–Trinajstić information content (AvgIpc) is 2.26. The fourth-order valence-corrected chi connectivity index (χ4v) is 2.03. The van der Waals surface area contributed by atoms with Crippen LogP contribution in [0.1, 0.15) is 24.2 Å². The van der Waals surface area contributed by atoms with Crippen molar-refractivity contribution in [1.29, 1.82) is 0 Å². The second-order valence-electron chi connectivity index (χ2n) is 3.86. The Hall–Kier alpha value is -0.870. The van der Waals surface area contributed by atoms with Crippen LogP contribution in [0.15, 0.2) is 22.7 Å². The monoisotopic (exact) mass is 285 g/mol. The van der Waals surface area contributed by atoms with E-state index in [2.05, 4.69) is 15.9 Å². The summed E-state index contributed by atoms with van der Waals surface area (Å²) in [6, 6.07) is 5.52. The molecule has 1 N–H and O–H groups in total. The van der Waals surface area contributed by atoms with E-state index in [1.54, 1.807) is 19.1 Å². The maximum atomic E-state index is 11.2. The molecule has 0 heterocycles. The molecule has 0 spiro atoms. The van der Waals surface area contributed by atoms with Gasteiger partial charge in [0.1, 0.15) is 0 Å². The lowest BCUT2D eigenvalue weighted by atomic mass is 10.1. The van der Waals surface area contributed by atoms with Crippen molar-refractivity contribution in [1.82, 2.24) is 0 Å². The summed E-state index contributed by atoms with van der Waals surface area (Å²) in [6.07, 6.45) is 0. The van der Waals surface area contributed by atoms with Gasteiger partial charge in [0, 0.05) is 23.1 Å². The highest BCUT2D eigenvalue weighted by atomic mass is 79.9. The van der Waals surface area contributed by atoms with Crippen LogP contribution in [0.25, 0.3) is 0 Å². The molecule has 0 radical (unpaired) electrons. The van der Waals surface area contributed by atoms with E-state index in [-0.39, 0.29) is 18.4 Å². The lowest BCUT2D eigenvalue weighted by Crippen LogP contribution is -2.32. The first-order valence-electron chi connectivity index (χ1n) is 5.11. The van der Waals surface area contributed by atoms with Gasteiger partial charge in [-0.05, 0) is 48.0 Å². The minimum Gasteiger partial charge on any atom is -0.394 e. The van der Waals surface area contributed by atoms with Gasteiger partial charge in [0.2, 0.25) is 0 Å². The van der Waals surface area contributed by atoms with Crippen molar-refractivity contribution in [3.63, 3.8) is 0 Å². The van der Waals surface area contributed by atoms with E-state index in [0.29, 0.717) is 5.56 Å². The molecule has 1 rings (SSSR count). The molecule has 16 heavy (non-hydrogen) atoms. The van der Waals surface area contributed by atoms with E-state index in [1.807, 2.05) is 24.9 Å². The van der Waals surface area contributed by atoms with Crippen LogP contribution in [0.4, 0.5) is 5.69 Å². The molecule has 0 amide bonds. The fourth-order valence-electron chi connectivity index (χ4n) is 1.37. The van der Waals surface area contributed by atoms with Gasteiger partial charge >= 0.3 is 0 Å². The topological polar surface area (TPSA) is 40.5 Å². The number of ketones is 1. The van der Waals surface area contributed by atoms with Gasteiger partial charge in [0.05, 0.1) is 12.3 Å². The molecule has 0 bridgehead atoms. The Labute approximate surface area is 104 Å². The van der Waals surface area contributed by atoms with Gasteiger partial charge < -0.3 is 10.0 Å². The van der Waals surface area contributed by atoms with Crippen LogP contribution in [-0.4, -0.2) is 30.6 Å². The van der Waals surface area contributed by atoms with Crippen molar-refractivity contribution >= 4 is 27.4 Å². The SMILES string of the molecule is CC(=O)c1ccc(N(C)C(C)CO)c(Br)c1. The molecule has 0 aromatic heterocycles. The number of carbonyl (C=O) groups is 1. The van der Waals surface area contributed by atoms with Crippen LogP contribution in [0.5, 0.6) is 0 Å². The number of carbonyl (C=O) groups excluding carboxylic acids is 1. The number of hydrogen-bond donors (Lipinski definition) is 1. The standard InChI is InChI=1S/C12H16BrNO2/c1-8(7-15)14(3)12-5-4-10(9(2)16)6-11(12)13/h4-6,8,15H,7H2,1-3H3. The number of benzene rings is 1. The highest BCUT2D eigenvalue weighted by Gasteiger charge is 2.12. The molecule has 0 saturated heterocycles. The first-order chi connectivity index (χ1) is 7.47. The lowest BCUT2D eigenvalue weighted by molar-refractivity contribution is 0.101. The number of nitrogens with zero attached hydrogens (tertiary/aromatic N) is 1. The number of hydrogen-bond acceptors (Lipinski definition) is 3. The molecular formula is C12H16BrNO2. The van der Waals surface area contributed by atoms with Crippen molar-refractivity contribution in [2.75, 3.05) is 18.6 Å². The number of Topliss-reactive ketones (excluding diaryl/α,β-unsaturated/α-hetero) is 1. The van der Waals surface area contributed by atoms with Crippen molar-refractivity contribution in [2.24, 2.45) is 0 Å². The summed E-state index contributed by atoms with van der Waals surface area (Å²) in [5.74, 6) is 0.0464. The normalized spacial score (nSPS) is 12.3. The molecule has 1 unspecified atom stereocenters. The fraction of sp³-hybridized carbons (Fsp3) is 0.417. The van der Waals surface area contributed by atoms with Crippen molar-refractivity contribution in [3.05, 3.63) is 28.2 Å². The molecule has 0 aliphatic carbocycles. The molecule has 0 aliphatic rings. The van der Waals surface area contributed by atoms with E-state index >= 15 is 0 Å². The number of aliphatic hydroxyl groups is 1. The van der Waals surface area contributed by atoms with Gasteiger partial charge in [-0.2, -0.15) is 0 Å². The third-order valence-electron chi connectivity index (χ3n) is 2.66. The van der Waals surface area contributed by atoms with Gasteiger partial charge in [-0.15, -0.1) is 0 Å². The Morgan fingerprint density at radius 1 is 1.56 bits per heavy atom. The van der Waals surface area contributed by atoms with Crippen LogP contribution in [0, 0.1) is 0 Å². The van der Waals surface area contributed by atoms with E-state index < -0.39 is 0 Å². The smallest absolute Gasteiger partial charge is 0.159 e. The second-order valence-corrected chi connectivity index (χ2v) is 4.72. The second kappa shape index (κ2) is 5.46. The molecule has 1 aromatic rings. The summed E-state index contributed by atoms with van der Waals surface area (Å²) in [5.41, 5.74) is 1.65. The molecule has 1 atom stereocenters. The average molecular weight is 286 g/mol. The van der Waals surface area contributed by atoms with Crippen molar-refractivity contribution in [3.8, 4) is 0 Å². The Morgan fingerprint density at radius 3 is 2.62 bits per heavy atom. The molecule has 1 aromatic carbocycles. The summed E-state index contributed by atoms with van der Waals surface area (Å²) < 4.78 is 0.864. The number of anilines is 1. The molecule has 0 saturated carbocycles. The highest BCUT2D eigenvalue weighted by Crippen LogP contribution is 2.27. The van der Waals surface area contributed by atoms with E-state index in [9.17, 15) is 4.79 Å². The summed E-state index contributed by atoms with van der Waals surface area (Å²) in [5, 5.41) is 9.09. The minimum absolute atomic E-state index is 0.0412. The minimum atomic E-state index is 0.0412. The van der Waals surface area contributed by atoms with E-state index in [0.717, 1.165) is 10.2 Å². The Bertz CT molecular complexity index is 393.